The molecule has 1 aliphatic heterocycles. The van der Waals surface area contributed by atoms with E-state index in [1.807, 2.05) is 0 Å². The Kier molecular flexibility index (Phi) is 3.09. The van der Waals surface area contributed by atoms with Crippen molar-refractivity contribution in [2.75, 3.05) is 13.1 Å². The molecule has 3 atom stereocenters. The van der Waals surface area contributed by atoms with Gasteiger partial charge in [0.05, 0.1) is 0 Å². The summed E-state index contributed by atoms with van der Waals surface area (Å²) in [5.74, 6) is 0. The summed E-state index contributed by atoms with van der Waals surface area (Å²) in [5.41, 5.74) is 0.586. The highest BCUT2D eigenvalue weighted by atomic mass is 15.3. The zero-order valence-corrected chi connectivity index (χ0v) is 10.7. The Morgan fingerprint density at radius 3 is 2.40 bits per heavy atom. The molecule has 0 bridgehead atoms. The minimum atomic E-state index is 0.586. The van der Waals surface area contributed by atoms with Crippen LogP contribution >= 0.6 is 0 Å². The molecule has 2 heteroatoms. The maximum absolute atomic E-state index is 3.67. The van der Waals surface area contributed by atoms with E-state index in [1.54, 1.807) is 0 Å². The molecule has 0 radical (unpaired) electrons. The van der Waals surface area contributed by atoms with E-state index in [1.165, 1.54) is 32.4 Å². The predicted molar refractivity (Wildman–Crippen MR) is 65.1 cm³/mol. The summed E-state index contributed by atoms with van der Waals surface area (Å²) in [4.78, 5) is 2.78. The predicted octanol–water partition coefficient (Wildman–Crippen LogP) is 2.25. The molecule has 2 rings (SSSR count). The molecule has 1 saturated carbocycles. The van der Waals surface area contributed by atoms with Crippen LogP contribution in [-0.4, -0.2) is 36.1 Å². The van der Waals surface area contributed by atoms with E-state index in [9.17, 15) is 0 Å². The summed E-state index contributed by atoms with van der Waals surface area (Å²) < 4.78 is 0. The van der Waals surface area contributed by atoms with Gasteiger partial charge >= 0.3 is 0 Å². The molecule has 0 aromatic heterocycles. The summed E-state index contributed by atoms with van der Waals surface area (Å²) in [7, 11) is 0. The van der Waals surface area contributed by atoms with Crippen LogP contribution < -0.4 is 5.32 Å². The average molecular weight is 210 g/mol. The Morgan fingerprint density at radius 2 is 1.93 bits per heavy atom. The van der Waals surface area contributed by atoms with Crippen LogP contribution in [0.15, 0.2) is 0 Å². The quantitative estimate of drug-likeness (QED) is 0.768. The van der Waals surface area contributed by atoms with Gasteiger partial charge in [-0.1, -0.05) is 27.7 Å². The molecular weight excluding hydrogens is 184 g/mol. The molecule has 2 nitrogen and oxygen atoms in total. The van der Waals surface area contributed by atoms with E-state index >= 15 is 0 Å². The Morgan fingerprint density at radius 1 is 1.27 bits per heavy atom. The summed E-state index contributed by atoms with van der Waals surface area (Å²) in [6, 6.07) is 2.36. The number of piperazine rings is 1. The summed E-state index contributed by atoms with van der Waals surface area (Å²) >= 11 is 0. The standard InChI is InChI=1S/C13H26N2/c1-5-10-9-15(11(6-2)8-14-10)12-7-13(12,3)4/h10-12,14H,5-9H2,1-4H3. The Labute approximate surface area is 94.4 Å². The number of hydrogen-bond acceptors (Lipinski definition) is 2. The zero-order chi connectivity index (χ0) is 11.1. The van der Waals surface area contributed by atoms with Crippen molar-refractivity contribution in [1.29, 1.82) is 0 Å². The van der Waals surface area contributed by atoms with E-state index in [0.717, 1.165) is 18.1 Å². The van der Waals surface area contributed by atoms with Gasteiger partial charge in [-0.3, -0.25) is 4.90 Å². The van der Waals surface area contributed by atoms with Crippen LogP contribution in [0.25, 0.3) is 0 Å². The highest BCUT2D eigenvalue weighted by Crippen LogP contribution is 2.49. The van der Waals surface area contributed by atoms with E-state index in [-0.39, 0.29) is 0 Å². The van der Waals surface area contributed by atoms with Crippen molar-refractivity contribution in [3.05, 3.63) is 0 Å². The van der Waals surface area contributed by atoms with Gasteiger partial charge in [0.2, 0.25) is 0 Å². The monoisotopic (exact) mass is 210 g/mol. The van der Waals surface area contributed by atoms with Gasteiger partial charge in [-0.05, 0) is 24.7 Å². The van der Waals surface area contributed by atoms with Gasteiger partial charge in [0.25, 0.3) is 0 Å². The topological polar surface area (TPSA) is 15.3 Å². The lowest BCUT2D eigenvalue weighted by molar-refractivity contribution is 0.103. The average Bonchev–Trinajstić information content (AvgIpc) is 2.86. The lowest BCUT2D eigenvalue weighted by Crippen LogP contribution is -2.57. The molecule has 0 amide bonds. The normalized spacial score (nSPS) is 40.4. The van der Waals surface area contributed by atoms with Crippen molar-refractivity contribution in [3.8, 4) is 0 Å². The first kappa shape index (κ1) is 11.4. The Balaban J connectivity index is 1.99. The second-order valence-corrected chi connectivity index (χ2v) is 5.98. The smallest absolute Gasteiger partial charge is 0.0221 e. The molecule has 1 aliphatic carbocycles. The molecule has 1 N–H and O–H groups in total. The third-order valence-corrected chi connectivity index (χ3v) is 4.37. The van der Waals surface area contributed by atoms with Gasteiger partial charge < -0.3 is 5.32 Å². The van der Waals surface area contributed by atoms with Gasteiger partial charge in [-0.15, -0.1) is 0 Å². The molecule has 0 aromatic carbocycles. The summed E-state index contributed by atoms with van der Waals surface area (Å²) in [6.07, 6.45) is 3.95. The van der Waals surface area contributed by atoms with Crippen LogP contribution in [0, 0.1) is 5.41 Å². The minimum Gasteiger partial charge on any atom is -0.311 e. The zero-order valence-electron chi connectivity index (χ0n) is 10.7. The second-order valence-electron chi connectivity index (χ2n) is 5.98. The summed E-state index contributed by atoms with van der Waals surface area (Å²) in [6.45, 7) is 11.9. The lowest BCUT2D eigenvalue weighted by atomic mass is 10.0. The van der Waals surface area contributed by atoms with E-state index < -0.39 is 0 Å². The van der Waals surface area contributed by atoms with Crippen LogP contribution in [0.5, 0.6) is 0 Å². The van der Waals surface area contributed by atoms with Crippen LogP contribution in [0.4, 0.5) is 0 Å². The van der Waals surface area contributed by atoms with Crippen molar-refractivity contribution in [2.45, 2.75) is 65.1 Å². The molecule has 1 saturated heterocycles. The minimum absolute atomic E-state index is 0.586. The third-order valence-electron chi connectivity index (χ3n) is 4.37. The highest BCUT2D eigenvalue weighted by molar-refractivity contribution is 5.06. The molecule has 0 aromatic rings. The number of nitrogens with one attached hydrogen (secondary N) is 1. The molecule has 0 spiro atoms. The first-order chi connectivity index (χ1) is 7.08. The first-order valence-electron chi connectivity index (χ1n) is 6.57. The van der Waals surface area contributed by atoms with Crippen LogP contribution in [0.1, 0.15) is 47.0 Å². The molecule has 2 fully saturated rings. The fourth-order valence-corrected chi connectivity index (χ4v) is 2.93. The molecule has 88 valence electrons. The second kappa shape index (κ2) is 4.06. The lowest BCUT2D eigenvalue weighted by Gasteiger charge is -2.41. The van der Waals surface area contributed by atoms with Gasteiger partial charge in [-0.2, -0.15) is 0 Å². The van der Waals surface area contributed by atoms with E-state index in [2.05, 4.69) is 37.9 Å². The molecule has 3 unspecified atom stereocenters. The molecule has 15 heavy (non-hydrogen) atoms. The van der Waals surface area contributed by atoms with E-state index in [4.69, 9.17) is 0 Å². The Hall–Kier alpha value is -0.0800. The van der Waals surface area contributed by atoms with Gasteiger partial charge in [-0.25, -0.2) is 0 Å². The summed E-state index contributed by atoms with van der Waals surface area (Å²) in [5, 5.41) is 3.67. The van der Waals surface area contributed by atoms with E-state index in [0.29, 0.717) is 5.41 Å². The van der Waals surface area contributed by atoms with Crippen LogP contribution in [0.2, 0.25) is 0 Å². The third kappa shape index (κ3) is 2.21. The van der Waals surface area contributed by atoms with Gasteiger partial charge in [0.1, 0.15) is 0 Å². The maximum atomic E-state index is 3.67. The molecule has 1 heterocycles. The number of hydrogen-bond donors (Lipinski definition) is 1. The maximum Gasteiger partial charge on any atom is 0.0221 e. The van der Waals surface area contributed by atoms with Crippen molar-refractivity contribution >= 4 is 0 Å². The van der Waals surface area contributed by atoms with Gasteiger partial charge in [0.15, 0.2) is 0 Å². The highest BCUT2D eigenvalue weighted by Gasteiger charge is 2.51. The van der Waals surface area contributed by atoms with Crippen molar-refractivity contribution in [1.82, 2.24) is 10.2 Å². The SMILES string of the molecule is CCC1CN(C2CC2(C)C)C(CC)CN1. The first-order valence-corrected chi connectivity index (χ1v) is 6.57. The number of rotatable bonds is 3. The van der Waals surface area contributed by atoms with Crippen LogP contribution in [0.3, 0.4) is 0 Å². The van der Waals surface area contributed by atoms with Crippen LogP contribution in [-0.2, 0) is 0 Å². The molecule has 2 aliphatic rings. The van der Waals surface area contributed by atoms with Crippen molar-refractivity contribution in [3.63, 3.8) is 0 Å². The van der Waals surface area contributed by atoms with Crippen molar-refractivity contribution < 1.29 is 0 Å². The fraction of sp³-hybridized carbons (Fsp3) is 1.00. The Bertz CT molecular complexity index is 223. The van der Waals surface area contributed by atoms with Gasteiger partial charge in [0, 0.05) is 31.2 Å². The largest absolute Gasteiger partial charge is 0.311 e. The fourth-order valence-electron chi connectivity index (χ4n) is 2.93. The molecular formula is C13H26N2. The van der Waals surface area contributed by atoms with Crippen molar-refractivity contribution in [2.24, 2.45) is 5.41 Å². The number of nitrogens with zero attached hydrogens (tertiary/aromatic N) is 1.